The lowest BCUT2D eigenvalue weighted by Gasteiger charge is -2.39. The first kappa shape index (κ1) is 16.0. The molecule has 2 heterocycles. The van der Waals surface area contributed by atoms with Crippen LogP contribution in [-0.2, 0) is 4.79 Å². The number of amides is 1. The Morgan fingerprint density at radius 3 is 2.42 bits per heavy atom. The molecule has 0 radical (unpaired) electrons. The van der Waals surface area contributed by atoms with Crippen LogP contribution >= 0.6 is 0 Å². The number of nitrogens with one attached hydrogen (secondary N) is 1. The Labute approximate surface area is 142 Å². The van der Waals surface area contributed by atoms with Crippen molar-refractivity contribution in [3.63, 3.8) is 0 Å². The van der Waals surface area contributed by atoms with Crippen LogP contribution in [0.5, 0.6) is 0 Å². The van der Waals surface area contributed by atoms with E-state index in [0.29, 0.717) is 12.0 Å². The monoisotopic (exact) mass is 333 g/mol. The summed E-state index contributed by atoms with van der Waals surface area (Å²) in [6.07, 6.45) is 4.65. The minimum atomic E-state index is -0.0482. The average Bonchev–Trinajstić information content (AvgIpc) is 3.54. The fraction of sp³-hybridized carbons (Fsp3) is 0.824. The van der Waals surface area contributed by atoms with Gasteiger partial charge in [-0.1, -0.05) is 5.16 Å². The summed E-state index contributed by atoms with van der Waals surface area (Å²) >= 11 is 0. The van der Waals surface area contributed by atoms with E-state index >= 15 is 0 Å². The van der Waals surface area contributed by atoms with Crippen molar-refractivity contribution in [1.29, 1.82) is 0 Å². The molecule has 7 heteroatoms. The zero-order valence-electron chi connectivity index (χ0n) is 14.6. The Hall–Kier alpha value is -1.47. The molecule has 1 saturated heterocycles. The number of nitrogens with zero attached hydrogens (tertiary/aromatic N) is 4. The van der Waals surface area contributed by atoms with Gasteiger partial charge in [0, 0.05) is 38.1 Å². The highest BCUT2D eigenvalue weighted by Crippen LogP contribution is 2.38. The van der Waals surface area contributed by atoms with Crippen LogP contribution in [0.4, 0.5) is 0 Å². The van der Waals surface area contributed by atoms with Gasteiger partial charge in [0.05, 0.1) is 12.1 Å². The van der Waals surface area contributed by atoms with E-state index in [1.165, 1.54) is 12.8 Å². The highest BCUT2D eigenvalue weighted by molar-refractivity contribution is 5.81. The minimum absolute atomic E-state index is 0.0482. The number of aromatic nitrogens is 2. The van der Waals surface area contributed by atoms with Crippen LogP contribution in [-0.4, -0.2) is 64.1 Å². The van der Waals surface area contributed by atoms with Crippen molar-refractivity contribution >= 4 is 5.91 Å². The standard InChI is InChI=1S/C17H27N5O2/c1-11(16(23)18-14-5-6-14)21-7-9-22(10-8-21)12(2)17-19-15(20-24-17)13-3-4-13/h11-14H,3-10H2,1-2H3,(H,18,23). The summed E-state index contributed by atoms with van der Waals surface area (Å²) in [4.78, 5) is 21.4. The van der Waals surface area contributed by atoms with E-state index in [1.54, 1.807) is 0 Å². The molecule has 1 N–H and O–H groups in total. The third-order valence-corrected chi connectivity index (χ3v) is 5.50. The molecule has 2 saturated carbocycles. The molecule has 0 bridgehead atoms. The molecule has 0 spiro atoms. The molecule has 0 aromatic carbocycles. The second-order valence-electron chi connectivity index (χ2n) is 7.47. The van der Waals surface area contributed by atoms with E-state index in [4.69, 9.17) is 4.52 Å². The third-order valence-electron chi connectivity index (χ3n) is 5.50. The molecule has 132 valence electrons. The fourth-order valence-corrected chi connectivity index (χ4v) is 3.31. The van der Waals surface area contributed by atoms with Crippen molar-refractivity contribution in [3.05, 3.63) is 11.7 Å². The number of carbonyl (C=O) groups is 1. The summed E-state index contributed by atoms with van der Waals surface area (Å²) in [7, 11) is 0. The van der Waals surface area contributed by atoms with E-state index in [0.717, 1.165) is 50.7 Å². The normalized spacial score (nSPS) is 25.4. The van der Waals surface area contributed by atoms with E-state index in [2.05, 4.69) is 32.2 Å². The number of carbonyl (C=O) groups excluding carboxylic acids is 1. The largest absolute Gasteiger partial charge is 0.352 e. The van der Waals surface area contributed by atoms with Crippen LogP contribution in [0.3, 0.4) is 0 Å². The van der Waals surface area contributed by atoms with Gasteiger partial charge in [0.1, 0.15) is 0 Å². The molecule has 2 atom stereocenters. The van der Waals surface area contributed by atoms with Crippen molar-refractivity contribution in [2.24, 2.45) is 0 Å². The molecule has 1 aromatic rings. The summed E-state index contributed by atoms with van der Waals surface area (Å²) in [6, 6.07) is 0.523. The van der Waals surface area contributed by atoms with Crippen molar-refractivity contribution < 1.29 is 9.32 Å². The predicted molar refractivity (Wildman–Crippen MR) is 88.5 cm³/mol. The molecule has 3 aliphatic rings. The molecular formula is C17H27N5O2. The van der Waals surface area contributed by atoms with E-state index < -0.39 is 0 Å². The second kappa shape index (κ2) is 6.44. The van der Waals surface area contributed by atoms with Crippen LogP contribution in [0.15, 0.2) is 4.52 Å². The van der Waals surface area contributed by atoms with Gasteiger partial charge in [0.25, 0.3) is 0 Å². The highest BCUT2D eigenvalue weighted by atomic mass is 16.5. The van der Waals surface area contributed by atoms with Gasteiger partial charge in [-0.05, 0) is 39.5 Å². The summed E-state index contributed by atoms with van der Waals surface area (Å²) in [5.41, 5.74) is 0. The Kier molecular flexibility index (Phi) is 4.30. The minimum Gasteiger partial charge on any atom is -0.352 e. The van der Waals surface area contributed by atoms with Crippen LogP contribution in [0, 0.1) is 0 Å². The molecule has 4 rings (SSSR count). The van der Waals surface area contributed by atoms with Gasteiger partial charge in [-0.2, -0.15) is 4.98 Å². The van der Waals surface area contributed by atoms with Gasteiger partial charge in [0.15, 0.2) is 5.82 Å². The van der Waals surface area contributed by atoms with Crippen LogP contribution in [0.25, 0.3) is 0 Å². The molecule has 7 nitrogen and oxygen atoms in total. The van der Waals surface area contributed by atoms with Crippen LogP contribution in [0.2, 0.25) is 0 Å². The predicted octanol–water partition coefficient (Wildman–Crippen LogP) is 1.29. The molecule has 2 aliphatic carbocycles. The molecule has 1 aromatic heterocycles. The van der Waals surface area contributed by atoms with Gasteiger partial charge >= 0.3 is 0 Å². The highest BCUT2D eigenvalue weighted by Gasteiger charge is 2.33. The van der Waals surface area contributed by atoms with Gasteiger partial charge in [-0.3, -0.25) is 14.6 Å². The summed E-state index contributed by atoms with van der Waals surface area (Å²) in [6.45, 7) is 7.77. The maximum atomic E-state index is 12.2. The van der Waals surface area contributed by atoms with Gasteiger partial charge < -0.3 is 9.84 Å². The molecule has 3 fully saturated rings. The molecule has 2 unspecified atom stereocenters. The molecule has 1 aliphatic heterocycles. The van der Waals surface area contributed by atoms with Crippen LogP contribution in [0.1, 0.15) is 63.2 Å². The van der Waals surface area contributed by atoms with Crippen molar-refractivity contribution in [1.82, 2.24) is 25.3 Å². The Morgan fingerprint density at radius 1 is 1.12 bits per heavy atom. The topological polar surface area (TPSA) is 74.5 Å². The zero-order chi connectivity index (χ0) is 16.7. The average molecular weight is 333 g/mol. The van der Waals surface area contributed by atoms with Crippen LogP contribution < -0.4 is 5.32 Å². The van der Waals surface area contributed by atoms with Crippen molar-refractivity contribution in [2.75, 3.05) is 26.2 Å². The number of piperazine rings is 1. The molecule has 1 amide bonds. The summed E-state index contributed by atoms with van der Waals surface area (Å²) in [5, 5.41) is 7.22. The number of rotatable bonds is 6. The zero-order valence-corrected chi connectivity index (χ0v) is 14.6. The second-order valence-corrected chi connectivity index (χ2v) is 7.47. The Balaban J connectivity index is 1.28. The van der Waals surface area contributed by atoms with E-state index in [9.17, 15) is 4.79 Å². The SMILES string of the molecule is CC(C(=O)NC1CC1)N1CCN(C(C)c2nc(C3CC3)no2)CC1. The first-order valence-electron chi connectivity index (χ1n) is 9.24. The maximum Gasteiger partial charge on any atom is 0.243 e. The number of hydrogen-bond donors (Lipinski definition) is 1. The quantitative estimate of drug-likeness (QED) is 0.846. The van der Waals surface area contributed by atoms with E-state index in [-0.39, 0.29) is 18.0 Å². The lowest BCUT2D eigenvalue weighted by atomic mass is 10.2. The Bertz CT molecular complexity index is 588. The number of hydrogen-bond acceptors (Lipinski definition) is 6. The van der Waals surface area contributed by atoms with Gasteiger partial charge in [-0.15, -0.1) is 0 Å². The first-order valence-corrected chi connectivity index (χ1v) is 9.24. The van der Waals surface area contributed by atoms with Crippen molar-refractivity contribution in [2.45, 2.75) is 63.6 Å². The van der Waals surface area contributed by atoms with E-state index in [1.807, 2.05) is 6.92 Å². The van der Waals surface area contributed by atoms with Gasteiger partial charge in [-0.25, -0.2) is 0 Å². The smallest absolute Gasteiger partial charge is 0.243 e. The Morgan fingerprint density at radius 2 is 1.79 bits per heavy atom. The third kappa shape index (κ3) is 3.47. The van der Waals surface area contributed by atoms with Crippen molar-refractivity contribution in [3.8, 4) is 0 Å². The molecular weight excluding hydrogens is 306 g/mol. The fourth-order valence-electron chi connectivity index (χ4n) is 3.31. The lowest BCUT2D eigenvalue weighted by molar-refractivity contribution is -0.126. The molecule has 24 heavy (non-hydrogen) atoms. The van der Waals surface area contributed by atoms with Gasteiger partial charge in [0.2, 0.25) is 11.8 Å². The first-order chi connectivity index (χ1) is 11.6. The lowest BCUT2D eigenvalue weighted by Crippen LogP contribution is -2.54. The summed E-state index contributed by atoms with van der Waals surface area (Å²) in [5.74, 6) is 2.30. The summed E-state index contributed by atoms with van der Waals surface area (Å²) < 4.78 is 5.46. The maximum absolute atomic E-state index is 12.2.